The molecule has 0 radical (unpaired) electrons. The zero-order chi connectivity index (χ0) is 25.4. The number of hydrogen-bond acceptors (Lipinski definition) is 8. The molecule has 3 heterocycles. The monoisotopic (exact) mass is 501 g/mol. The number of hydrogen-bond donors (Lipinski definition) is 1. The number of fused-ring (bicyclic) bond motifs is 1. The maximum Gasteiger partial charge on any atom is 0.301 e. The maximum absolute atomic E-state index is 13.4. The number of Topliss-reactive ketones (excluding diaryl/α,β-unsaturated/α-hetero) is 1. The summed E-state index contributed by atoms with van der Waals surface area (Å²) in [5, 5.41) is 11.7. The quantitative estimate of drug-likeness (QED) is 0.225. The number of carbonyl (C=O) groups is 2. The molecule has 0 aliphatic carbocycles. The molecule has 5 rings (SSSR count). The number of ketones is 1. The standard InChI is InChI=1S/C27H23N3O5S/c1-4-35-18-8-9-19-21(13-18)36-27(29-19)30-23(17-6-5-11-28-14-17)22(25(32)26(30)33)24(31)16-7-10-20(34-3)15(2)12-16/h5-14,23,31H,4H2,1-3H3/b24-22+. The van der Waals surface area contributed by atoms with Gasteiger partial charge in [-0.2, -0.15) is 0 Å². The molecular formula is C27H23N3O5S. The van der Waals surface area contributed by atoms with Gasteiger partial charge in [-0.25, -0.2) is 4.98 Å². The summed E-state index contributed by atoms with van der Waals surface area (Å²) in [4.78, 5) is 36.9. The summed E-state index contributed by atoms with van der Waals surface area (Å²) < 4.78 is 11.7. The summed E-state index contributed by atoms with van der Waals surface area (Å²) in [5.74, 6) is -0.475. The predicted octanol–water partition coefficient (Wildman–Crippen LogP) is 5.03. The first-order valence-corrected chi connectivity index (χ1v) is 12.1. The van der Waals surface area contributed by atoms with E-state index in [0.29, 0.717) is 39.9 Å². The summed E-state index contributed by atoms with van der Waals surface area (Å²) >= 11 is 1.28. The molecule has 8 nitrogen and oxygen atoms in total. The highest BCUT2D eigenvalue weighted by molar-refractivity contribution is 7.22. The molecule has 1 saturated heterocycles. The Labute approximate surface area is 211 Å². The van der Waals surface area contributed by atoms with Crippen LogP contribution in [0.2, 0.25) is 0 Å². The van der Waals surface area contributed by atoms with E-state index < -0.39 is 17.7 Å². The summed E-state index contributed by atoms with van der Waals surface area (Å²) in [6, 6.07) is 13.2. The van der Waals surface area contributed by atoms with Gasteiger partial charge in [0.25, 0.3) is 5.78 Å². The number of methoxy groups -OCH3 is 1. The molecule has 0 bridgehead atoms. The van der Waals surface area contributed by atoms with Crippen molar-refractivity contribution in [3.8, 4) is 11.5 Å². The second kappa shape index (κ2) is 9.43. The minimum atomic E-state index is -0.895. The average Bonchev–Trinajstić information content (AvgIpc) is 3.42. The van der Waals surface area contributed by atoms with Gasteiger partial charge in [-0.1, -0.05) is 17.4 Å². The summed E-state index contributed by atoms with van der Waals surface area (Å²) in [6.45, 7) is 4.27. The fourth-order valence-corrected chi connectivity index (χ4v) is 5.34. The third kappa shape index (κ3) is 3.97. The summed E-state index contributed by atoms with van der Waals surface area (Å²) in [5.41, 5.74) is 2.43. The van der Waals surface area contributed by atoms with Crippen molar-refractivity contribution >= 4 is 44.1 Å². The van der Waals surface area contributed by atoms with Gasteiger partial charge in [-0.05, 0) is 67.4 Å². The zero-order valence-corrected chi connectivity index (χ0v) is 20.7. The Hall–Kier alpha value is -4.24. The van der Waals surface area contributed by atoms with Crippen molar-refractivity contribution in [3.05, 3.63) is 83.2 Å². The Morgan fingerprint density at radius 2 is 2.00 bits per heavy atom. The van der Waals surface area contributed by atoms with Crippen LogP contribution in [0.1, 0.15) is 29.7 Å². The molecule has 182 valence electrons. The number of thiazole rings is 1. The number of aliphatic hydroxyl groups is 1. The molecule has 2 aromatic carbocycles. The number of amides is 1. The number of benzene rings is 2. The van der Waals surface area contributed by atoms with E-state index in [4.69, 9.17) is 9.47 Å². The predicted molar refractivity (Wildman–Crippen MR) is 138 cm³/mol. The highest BCUT2D eigenvalue weighted by Crippen LogP contribution is 2.44. The Balaban J connectivity index is 1.68. The molecule has 0 spiro atoms. The first-order chi connectivity index (χ1) is 17.4. The number of aromatic nitrogens is 2. The second-order valence-corrected chi connectivity index (χ2v) is 9.21. The molecule has 1 aliphatic rings. The molecule has 1 unspecified atom stereocenters. The van der Waals surface area contributed by atoms with Crippen LogP contribution in [0.5, 0.6) is 11.5 Å². The Kier molecular flexibility index (Phi) is 6.15. The molecule has 4 aromatic rings. The van der Waals surface area contributed by atoms with Crippen LogP contribution in [-0.4, -0.2) is 40.5 Å². The zero-order valence-electron chi connectivity index (χ0n) is 19.9. The molecule has 1 amide bonds. The molecule has 1 aliphatic heterocycles. The Morgan fingerprint density at radius 3 is 2.69 bits per heavy atom. The van der Waals surface area contributed by atoms with Gasteiger partial charge in [-0.15, -0.1) is 0 Å². The normalized spacial score (nSPS) is 17.1. The van der Waals surface area contributed by atoms with Crippen molar-refractivity contribution in [1.29, 1.82) is 0 Å². The van der Waals surface area contributed by atoms with Gasteiger partial charge >= 0.3 is 5.91 Å². The molecule has 1 atom stereocenters. The van der Waals surface area contributed by atoms with Gasteiger partial charge in [0.15, 0.2) is 5.13 Å². The number of nitrogens with zero attached hydrogens (tertiary/aromatic N) is 3. The van der Waals surface area contributed by atoms with E-state index in [1.807, 2.05) is 32.0 Å². The van der Waals surface area contributed by atoms with Crippen molar-refractivity contribution in [2.75, 3.05) is 18.6 Å². The number of anilines is 1. The van der Waals surface area contributed by atoms with Gasteiger partial charge in [0.2, 0.25) is 0 Å². The first kappa shape index (κ1) is 23.5. The van der Waals surface area contributed by atoms with Crippen LogP contribution in [0, 0.1) is 6.92 Å². The minimum Gasteiger partial charge on any atom is -0.507 e. The van der Waals surface area contributed by atoms with E-state index >= 15 is 0 Å². The molecule has 1 fully saturated rings. The Morgan fingerprint density at radius 1 is 1.17 bits per heavy atom. The van der Waals surface area contributed by atoms with Crippen molar-refractivity contribution < 1.29 is 24.2 Å². The van der Waals surface area contributed by atoms with Crippen molar-refractivity contribution in [2.24, 2.45) is 0 Å². The lowest BCUT2D eigenvalue weighted by Crippen LogP contribution is -2.29. The van der Waals surface area contributed by atoms with E-state index in [1.54, 1.807) is 49.8 Å². The Bertz CT molecular complexity index is 1510. The first-order valence-electron chi connectivity index (χ1n) is 11.3. The molecular weight excluding hydrogens is 478 g/mol. The van der Waals surface area contributed by atoms with Crippen molar-refractivity contribution in [2.45, 2.75) is 19.9 Å². The average molecular weight is 502 g/mol. The molecule has 1 N–H and O–H groups in total. The molecule has 0 saturated carbocycles. The van der Waals surface area contributed by atoms with Crippen LogP contribution in [0.4, 0.5) is 5.13 Å². The van der Waals surface area contributed by atoms with Crippen LogP contribution >= 0.6 is 11.3 Å². The summed E-state index contributed by atoms with van der Waals surface area (Å²) in [7, 11) is 1.56. The lowest BCUT2D eigenvalue weighted by atomic mass is 9.96. The number of aryl methyl sites for hydroxylation is 1. The van der Waals surface area contributed by atoms with Gasteiger partial charge in [0.1, 0.15) is 17.3 Å². The van der Waals surface area contributed by atoms with E-state index in [1.165, 1.54) is 16.2 Å². The van der Waals surface area contributed by atoms with E-state index in [0.717, 1.165) is 10.3 Å². The third-order valence-corrected chi connectivity index (χ3v) is 7.00. The highest BCUT2D eigenvalue weighted by atomic mass is 32.1. The smallest absolute Gasteiger partial charge is 0.301 e. The molecule has 36 heavy (non-hydrogen) atoms. The lowest BCUT2D eigenvalue weighted by molar-refractivity contribution is -0.132. The number of ether oxygens (including phenoxy) is 2. The van der Waals surface area contributed by atoms with Crippen LogP contribution in [0.15, 0.2) is 66.5 Å². The fourth-order valence-electron chi connectivity index (χ4n) is 4.32. The van der Waals surface area contributed by atoms with Gasteiger partial charge in [-0.3, -0.25) is 19.5 Å². The third-order valence-electron chi connectivity index (χ3n) is 5.98. The molecule has 2 aromatic heterocycles. The lowest BCUT2D eigenvalue weighted by Gasteiger charge is -2.22. The van der Waals surface area contributed by atoms with Gasteiger partial charge in [0, 0.05) is 18.0 Å². The minimum absolute atomic E-state index is 0.0215. The van der Waals surface area contributed by atoms with E-state index in [-0.39, 0.29) is 11.3 Å². The largest absolute Gasteiger partial charge is 0.507 e. The SMILES string of the molecule is CCOc1ccc2nc(N3C(=O)C(=O)/C(=C(/O)c4ccc(OC)c(C)c4)C3c3cccnc3)sc2c1. The number of rotatable bonds is 6. The van der Waals surface area contributed by atoms with E-state index in [9.17, 15) is 14.7 Å². The van der Waals surface area contributed by atoms with Crippen molar-refractivity contribution in [1.82, 2.24) is 9.97 Å². The van der Waals surface area contributed by atoms with E-state index in [2.05, 4.69) is 9.97 Å². The maximum atomic E-state index is 13.4. The highest BCUT2D eigenvalue weighted by Gasteiger charge is 2.48. The number of pyridine rings is 1. The van der Waals surface area contributed by atoms with Crippen LogP contribution in [-0.2, 0) is 9.59 Å². The molecule has 9 heteroatoms. The fraction of sp³-hybridized carbons (Fsp3) is 0.185. The van der Waals surface area contributed by atoms with Gasteiger partial charge in [0.05, 0.1) is 35.5 Å². The van der Waals surface area contributed by atoms with Crippen LogP contribution in [0.25, 0.3) is 16.0 Å². The number of carbonyl (C=O) groups excluding carboxylic acids is 2. The summed E-state index contributed by atoms with van der Waals surface area (Å²) in [6.07, 6.45) is 3.19. The number of aliphatic hydroxyl groups excluding tert-OH is 1. The van der Waals surface area contributed by atoms with Crippen LogP contribution in [0.3, 0.4) is 0 Å². The van der Waals surface area contributed by atoms with Crippen molar-refractivity contribution in [3.63, 3.8) is 0 Å². The van der Waals surface area contributed by atoms with Crippen LogP contribution < -0.4 is 14.4 Å². The topological polar surface area (TPSA) is 102 Å². The van der Waals surface area contributed by atoms with Gasteiger partial charge < -0.3 is 14.6 Å². The second-order valence-electron chi connectivity index (χ2n) is 8.20.